The maximum absolute atomic E-state index is 10.8. The number of esters is 1. The maximum Gasteiger partial charge on any atom is 0.305 e. The number of unbranched alkanes of at least 4 members (excludes halogenated alkanes) is 3. The van der Waals surface area contributed by atoms with Crippen LogP contribution in [0, 0.1) is 0 Å². The van der Waals surface area contributed by atoms with Crippen LogP contribution in [-0.4, -0.2) is 25.1 Å². The van der Waals surface area contributed by atoms with Crippen LogP contribution in [0.2, 0.25) is 0 Å². The smallest absolute Gasteiger partial charge is 0.305 e. The number of rotatable bonds is 9. The Morgan fingerprint density at radius 2 is 2.00 bits per heavy atom. The summed E-state index contributed by atoms with van der Waals surface area (Å²) in [7, 11) is 1.34. The normalized spacial score (nSPS) is 11.4. The van der Waals surface area contributed by atoms with Crippen LogP contribution < -0.4 is 5.11 Å². The van der Waals surface area contributed by atoms with Crippen molar-refractivity contribution < 1.29 is 19.4 Å². The highest BCUT2D eigenvalue weighted by Crippen LogP contribution is 2.09. The number of carboxylic acids is 1. The molecule has 0 aliphatic rings. The molecule has 1 atom stereocenters. The Balaban J connectivity index is 3.59. The summed E-state index contributed by atoms with van der Waals surface area (Å²) < 4.78 is 4.48. The summed E-state index contributed by atoms with van der Waals surface area (Å²) in [5.74, 6) is -1.59. The lowest BCUT2D eigenvalue weighted by Crippen LogP contribution is -2.34. The lowest BCUT2D eigenvalue weighted by atomic mass is 10.1. The third-order valence-electron chi connectivity index (χ3n) is 2.30. The summed E-state index contributed by atoms with van der Waals surface area (Å²) in [5.41, 5.74) is 8.13. The predicted molar refractivity (Wildman–Crippen MR) is 57.7 cm³/mol. The molecule has 7 heteroatoms. The topological polar surface area (TPSA) is 115 Å². The third-order valence-corrected chi connectivity index (χ3v) is 2.30. The molecular formula is C10H16N3O4-. The summed E-state index contributed by atoms with van der Waals surface area (Å²) in [5, 5.41) is 13.6. The van der Waals surface area contributed by atoms with Crippen LogP contribution in [0.3, 0.4) is 0 Å². The summed E-state index contributed by atoms with van der Waals surface area (Å²) >= 11 is 0. The minimum absolute atomic E-state index is 0.244. The minimum atomic E-state index is -1.35. The van der Waals surface area contributed by atoms with Crippen LogP contribution in [-0.2, 0) is 14.3 Å². The number of methoxy groups -OCH3 is 1. The predicted octanol–water partition coefficient (Wildman–Crippen LogP) is 0.929. The number of nitrogens with zero attached hydrogens (tertiary/aromatic N) is 3. The van der Waals surface area contributed by atoms with E-state index in [9.17, 15) is 14.7 Å². The van der Waals surface area contributed by atoms with Crippen LogP contribution in [0.5, 0.6) is 0 Å². The SMILES string of the molecule is COC(=O)CCCCCCC(N=[N+]=[N-])C(=O)[O-]. The van der Waals surface area contributed by atoms with E-state index in [0.717, 1.165) is 12.8 Å². The van der Waals surface area contributed by atoms with Gasteiger partial charge in [0.05, 0.1) is 19.1 Å². The summed E-state index contributed by atoms with van der Waals surface area (Å²) in [4.78, 5) is 23.7. The number of hydrogen-bond donors (Lipinski definition) is 0. The Morgan fingerprint density at radius 3 is 2.53 bits per heavy atom. The second-order valence-corrected chi connectivity index (χ2v) is 3.57. The highest BCUT2D eigenvalue weighted by Gasteiger charge is 2.06. The van der Waals surface area contributed by atoms with Crippen molar-refractivity contribution in [3.63, 3.8) is 0 Å². The molecule has 0 heterocycles. The first-order valence-electron chi connectivity index (χ1n) is 5.43. The molecule has 0 aliphatic heterocycles. The van der Waals surface area contributed by atoms with Crippen molar-refractivity contribution in [1.82, 2.24) is 0 Å². The van der Waals surface area contributed by atoms with E-state index in [2.05, 4.69) is 14.8 Å². The molecule has 0 N–H and O–H groups in total. The van der Waals surface area contributed by atoms with Crippen LogP contribution in [0.4, 0.5) is 0 Å². The summed E-state index contributed by atoms with van der Waals surface area (Å²) in [6, 6.07) is -1.10. The van der Waals surface area contributed by atoms with Crippen molar-refractivity contribution >= 4 is 11.9 Å². The molecule has 0 radical (unpaired) electrons. The van der Waals surface area contributed by atoms with E-state index in [1.54, 1.807) is 0 Å². The van der Waals surface area contributed by atoms with Gasteiger partial charge >= 0.3 is 5.97 Å². The lowest BCUT2D eigenvalue weighted by Gasteiger charge is -2.11. The van der Waals surface area contributed by atoms with Crippen molar-refractivity contribution in [2.45, 2.75) is 44.6 Å². The van der Waals surface area contributed by atoms with Gasteiger partial charge in [-0.15, -0.1) is 0 Å². The number of hydrogen-bond acceptors (Lipinski definition) is 5. The summed E-state index contributed by atoms with van der Waals surface area (Å²) in [6.45, 7) is 0. The molecule has 0 spiro atoms. The Kier molecular flexibility index (Phi) is 8.50. The van der Waals surface area contributed by atoms with Gasteiger partial charge in [-0.1, -0.05) is 24.4 Å². The van der Waals surface area contributed by atoms with Gasteiger partial charge in [-0.05, 0) is 18.4 Å². The zero-order chi connectivity index (χ0) is 13.1. The van der Waals surface area contributed by atoms with E-state index in [4.69, 9.17) is 5.53 Å². The van der Waals surface area contributed by atoms with E-state index in [-0.39, 0.29) is 12.4 Å². The zero-order valence-electron chi connectivity index (χ0n) is 9.79. The van der Waals surface area contributed by atoms with Gasteiger partial charge in [-0.3, -0.25) is 4.79 Å². The molecule has 0 aromatic carbocycles. The van der Waals surface area contributed by atoms with Crippen molar-refractivity contribution in [3.8, 4) is 0 Å². The van der Waals surface area contributed by atoms with E-state index in [0.29, 0.717) is 19.3 Å². The molecule has 0 saturated carbocycles. The van der Waals surface area contributed by atoms with E-state index < -0.39 is 12.0 Å². The molecule has 7 nitrogen and oxygen atoms in total. The van der Waals surface area contributed by atoms with Gasteiger partial charge in [0.2, 0.25) is 0 Å². The molecule has 0 rings (SSSR count). The van der Waals surface area contributed by atoms with E-state index >= 15 is 0 Å². The van der Waals surface area contributed by atoms with Gasteiger partial charge in [0, 0.05) is 11.3 Å². The molecule has 0 fully saturated rings. The molecule has 1 unspecified atom stereocenters. The molecule has 0 aromatic rings. The zero-order valence-corrected chi connectivity index (χ0v) is 9.79. The third kappa shape index (κ3) is 8.10. The van der Waals surface area contributed by atoms with Crippen molar-refractivity contribution in [3.05, 3.63) is 10.4 Å². The number of azide groups is 1. The van der Waals surface area contributed by atoms with Gasteiger partial charge in [-0.25, -0.2) is 0 Å². The Labute approximate surface area is 99.4 Å². The lowest BCUT2D eigenvalue weighted by molar-refractivity contribution is -0.307. The largest absolute Gasteiger partial charge is 0.550 e. The van der Waals surface area contributed by atoms with Gasteiger partial charge in [-0.2, -0.15) is 0 Å². The van der Waals surface area contributed by atoms with Crippen LogP contribution in [0.25, 0.3) is 10.4 Å². The first-order valence-corrected chi connectivity index (χ1v) is 5.43. The van der Waals surface area contributed by atoms with Gasteiger partial charge in [0.15, 0.2) is 0 Å². The standard InChI is InChI=1S/C10H17N3O4/c1-17-9(14)7-5-3-2-4-6-8(10(15)16)12-13-11/h8H,2-7H2,1H3,(H,15,16)/p-1. The summed E-state index contributed by atoms with van der Waals surface area (Å²) in [6.07, 6.45) is 3.57. The van der Waals surface area contributed by atoms with Crippen molar-refractivity contribution in [2.75, 3.05) is 7.11 Å². The van der Waals surface area contributed by atoms with Gasteiger partial charge in [0.25, 0.3) is 0 Å². The van der Waals surface area contributed by atoms with Crippen LogP contribution >= 0.6 is 0 Å². The fourth-order valence-electron chi connectivity index (χ4n) is 1.35. The molecule has 0 aromatic heterocycles. The number of carbonyl (C=O) groups is 2. The van der Waals surface area contributed by atoms with Crippen LogP contribution in [0.15, 0.2) is 5.11 Å². The fourth-order valence-corrected chi connectivity index (χ4v) is 1.35. The Morgan fingerprint density at radius 1 is 1.35 bits per heavy atom. The molecule has 0 saturated heterocycles. The van der Waals surface area contributed by atoms with Gasteiger partial charge < -0.3 is 14.6 Å². The van der Waals surface area contributed by atoms with Crippen molar-refractivity contribution in [1.29, 1.82) is 0 Å². The Hall–Kier alpha value is -1.75. The first kappa shape index (κ1) is 15.2. The monoisotopic (exact) mass is 242 g/mol. The van der Waals surface area contributed by atoms with Crippen LogP contribution in [0.1, 0.15) is 38.5 Å². The average molecular weight is 242 g/mol. The average Bonchev–Trinajstić information content (AvgIpc) is 2.31. The molecule has 17 heavy (non-hydrogen) atoms. The highest BCUT2D eigenvalue weighted by atomic mass is 16.5. The number of carbonyl (C=O) groups excluding carboxylic acids is 2. The second-order valence-electron chi connectivity index (χ2n) is 3.57. The molecular weight excluding hydrogens is 226 g/mol. The van der Waals surface area contributed by atoms with E-state index in [1.807, 2.05) is 0 Å². The van der Waals surface area contributed by atoms with E-state index in [1.165, 1.54) is 7.11 Å². The molecule has 0 aliphatic carbocycles. The fraction of sp³-hybridized carbons (Fsp3) is 0.800. The molecule has 0 amide bonds. The highest BCUT2D eigenvalue weighted by molar-refractivity contribution is 5.71. The molecule has 0 bridgehead atoms. The minimum Gasteiger partial charge on any atom is -0.550 e. The second kappa shape index (κ2) is 9.47. The number of aliphatic carboxylic acids is 1. The number of carboxylic acid groups (broad SMARTS) is 1. The first-order chi connectivity index (χ1) is 8.11. The molecule has 96 valence electrons. The maximum atomic E-state index is 10.8. The number of ether oxygens (including phenoxy) is 1. The Bertz CT molecular complexity index is 298. The van der Waals surface area contributed by atoms with Crippen molar-refractivity contribution in [2.24, 2.45) is 5.11 Å². The quantitative estimate of drug-likeness (QED) is 0.196. The van der Waals surface area contributed by atoms with Gasteiger partial charge in [0.1, 0.15) is 0 Å².